The highest BCUT2D eigenvalue weighted by Crippen LogP contribution is 2.15. The number of carbonyl (C=O) groups is 2. The minimum atomic E-state index is -1.03. The van der Waals surface area contributed by atoms with E-state index in [0.717, 1.165) is 11.3 Å². The Bertz CT molecular complexity index is 443. The molecule has 5 nitrogen and oxygen atoms in total. The highest BCUT2D eigenvalue weighted by Gasteiger charge is 2.21. The fourth-order valence-electron chi connectivity index (χ4n) is 1.82. The van der Waals surface area contributed by atoms with Crippen LogP contribution in [0.1, 0.15) is 19.4 Å². The predicted molar refractivity (Wildman–Crippen MR) is 74.3 cm³/mol. The maximum absolute atomic E-state index is 11.1. The molecule has 104 valence electrons. The van der Waals surface area contributed by atoms with Crippen molar-refractivity contribution in [2.45, 2.75) is 26.8 Å². The van der Waals surface area contributed by atoms with Crippen LogP contribution < -0.4 is 10.2 Å². The zero-order valence-electron chi connectivity index (χ0n) is 11.5. The summed E-state index contributed by atoms with van der Waals surface area (Å²) in [5.74, 6) is -1.37. The number of aryl methyl sites for hydroxylation is 1. The van der Waals surface area contributed by atoms with Crippen LogP contribution in [0.15, 0.2) is 24.3 Å². The molecule has 19 heavy (non-hydrogen) atoms. The number of aliphatic carboxylic acids is 1. The van der Waals surface area contributed by atoms with Crippen molar-refractivity contribution in [2.75, 3.05) is 18.0 Å². The van der Waals surface area contributed by atoms with Gasteiger partial charge in [0.15, 0.2) is 0 Å². The summed E-state index contributed by atoms with van der Waals surface area (Å²) in [4.78, 5) is 24.1. The van der Waals surface area contributed by atoms with Crippen LogP contribution in [0, 0.1) is 6.92 Å². The summed E-state index contributed by atoms with van der Waals surface area (Å²) < 4.78 is 0. The first-order valence-electron chi connectivity index (χ1n) is 6.25. The van der Waals surface area contributed by atoms with E-state index in [2.05, 4.69) is 5.32 Å². The molecule has 0 aliphatic carbocycles. The molecular weight excluding hydrogens is 244 g/mol. The van der Waals surface area contributed by atoms with Gasteiger partial charge >= 0.3 is 5.97 Å². The van der Waals surface area contributed by atoms with E-state index in [-0.39, 0.29) is 12.5 Å². The molecule has 2 N–H and O–H groups in total. The lowest BCUT2D eigenvalue weighted by molar-refractivity contribution is -0.141. The second-order valence-corrected chi connectivity index (χ2v) is 4.47. The SMILES string of the molecule is CCN(CC(NC(C)=O)C(=O)O)c1ccc(C)cc1. The van der Waals surface area contributed by atoms with Crippen molar-refractivity contribution in [2.24, 2.45) is 0 Å². The van der Waals surface area contributed by atoms with Crippen LogP contribution in [0.2, 0.25) is 0 Å². The van der Waals surface area contributed by atoms with E-state index in [1.54, 1.807) is 0 Å². The van der Waals surface area contributed by atoms with Gasteiger partial charge in [0.05, 0.1) is 0 Å². The van der Waals surface area contributed by atoms with E-state index in [9.17, 15) is 9.59 Å². The largest absolute Gasteiger partial charge is 0.480 e. The fraction of sp³-hybridized carbons (Fsp3) is 0.429. The summed E-state index contributed by atoms with van der Waals surface area (Å²) in [6, 6.07) is 6.95. The number of hydrogen-bond donors (Lipinski definition) is 2. The van der Waals surface area contributed by atoms with E-state index in [1.807, 2.05) is 43.0 Å². The number of carboxylic acid groups (broad SMARTS) is 1. The van der Waals surface area contributed by atoms with Crippen molar-refractivity contribution in [1.29, 1.82) is 0 Å². The maximum atomic E-state index is 11.1. The van der Waals surface area contributed by atoms with Gasteiger partial charge < -0.3 is 15.3 Å². The van der Waals surface area contributed by atoms with Gasteiger partial charge in [0, 0.05) is 25.7 Å². The van der Waals surface area contributed by atoms with Crippen molar-refractivity contribution in [3.63, 3.8) is 0 Å². The van der Waals surface area contributed by atoms with E-state index >= 15 is 0 Å². The van der Waals surface area contributed by atoms with E-state index in [0.29, 0.717) is 6.54 Å². The van der Waals surface area contributed by atoms with Crippen molar-refractivity contribution in [3.8, 4) is 0 Å². The number of benzene rings is 1. The third-order valence-electron chi connectivity index (χ3n) is 2.86. The lowest BCUT2D eigenvalue weighted by atomic mass is 10.2. The number of likely N-dealkylation sites (N-methyl/N-ethyl adjacent to an activating group) is 1. The number of rotatable bonds is 6. The van der Waals surface area contributed by atoms with E-state index in [4.69, 9.17) is 5.11 Å². The Labute approximate surface area is 113 Å². The molecule has 1 rings (SSSR count). The summed E-state index contributed by atoms with van der Waals surface area (Å²) in [6.07, 6.45) is 0. The van der Waals surface area contributed by atoms with Crippen LogP contribution in [0.4, 0.5) is 5.69 Å². The van der Waals surface area contributed by atoms with Crippen LogP contribution >= 0.6 is 0 Å². The average Bonchev–Trinajstić information content (AvgIpc) is 2.35. The van der Waals surface area contributed by atoms with Crippen LogP contribution in [-0.4, -0.2) is 36.1 Å². The third-order valence-corrected chi connectivity index (χ3v) is 2.86. The molecule has 0 fully saturated rings. The first-order chi connectivity index (χ1) is 8.93. The first kappa shape index (κ1) is 15.0. The Morgan fingerprint density at radius 2 is 1.89 bits per heavy atom. The van der Waals surface area contributed by atoms with Crippen LogP contribution in [0.25, 0.3) is 0 Å². The molecule has 1 aromatic rings. The zero-order chi connectivity index (χ0) is 14.4. The lowest BCUT2D eigenvalue weighted by Gasteiger charge is -2.26. The molecule has 0 saturated heterocycles. The van der Waals surface area contributed by atoms with E-state index in [1.165, 1.54) is 6.92 Å². The summed E-state index contributed by atoms with van der Waals surface area (Å²) in [7, 11) is 0. The predicted octanol–water partition coefficient (Wildman–Crippen LogP) is 1.41. The molecule has 0 aliphatic rings. The molecule has 0 aromatic heterocycles. The number of nitrogens with zero attached hydrogens (tertiary/aromatic N) is 1. The van der Waals surface area contributed by atoms with E-state index < -0.39 is 12.0 Å². The fourth-order valence-corrected chi connectivity index (χ4v) is 1.82. The average molecular weight is 264 g/mol. The third kappa shape index (κ3) is 4.62. The number of anilines is 1. The monoisotopic (exact) mass is 264 g/mol. The summed E-state index contributed by atoms with van der Waals surface area (Å²) in [5.41, 5.74) is 2.10. The van der Waals surface area contributed by atoms with Crippen molar-refractivity contribution in [1.82, 2.24) is 5.32 Å². The molecule has 1 unspecified atom stereocenters. The van der Waals surface area contributed by atoms with Gasteiger partial charge in [-0.1, -0.05) is 17.7 Å². The molecule has 0 bridgehead atoms. The quantitative estimate of drug-likeness (QED) is 0.815. The minimum Gasteiger partial charge on any atom is -0.480 e. The van der Waals surface area contributed by atoms with Gasteiger partial charge in [-0.2, -0.15) is 0 Å². The number of nitrogens with one attached hydrogen (secondary N) is 1. The Morgan fingerprint density at radius 3 is 2.32 bits per heavy atom. The zero-order valence-corrected chi connectivity index (χ0v) is 11.5. The van der Waals surface area contributed by atoms with Gasteiger partial charge in [-0.3, -0.25) is 4.79 Å². The highest BCUT2D eigenvalue weighted by atomic mass is 16.4. The first-order valence-corrected chi connectivity index (χ1v) is 6.25. The molecule has 1 amide bonds. The number of carbonyl (C=O) groups excluding carboxylic acids is 1. The molecule has 0 heterocycles. The van der Waals surface area contributed by atoms with Crippen molar-refractivity contribution in [3.05, 3.63) is 29.8 Å². The van der Waals surface area contributed by atoms with Gasteiger partial charge in [-0.25, -0.2) is 4.79 Å². The standard InChI is InChI=1S/C14H20N2O3/c1-4-16(12-7-5-10(2)6-8-12)9-13(14(18)19)15-11(3)17/h5-8,13H,4,9H2,1-3H3,(H,15,17)(H,18,19). The Morgan fingerprint density at radius 1 is 1.32 bits per heavy atom. The Kier molecular flexibility index (Phi) is 5.36. The van der Waals surface area contributed by atoms with Crippen LogP contribution in [0.3, 0.4) is 0 Å². The smallest absolute Gasteiger partial charge is 0.328 e. The van der Waals surface area contributed by atoms with Crippen molar-refractivity contribution >= 4 is 17.6 Å². The van der Waals surface area contributed by atoms with Gasteiger partial charge in [0.2, 0.25) is 5.91 Å². The molecule has 0 aliphatic heterocycles. The Balaban J connectivity index is 2.81. The van der Waals surface area contributed by atoms with Gasteiger partial charge in [-0.05, 0) is 26.0 Å². The lowest BCUT2D eigenvalue weighted by Crippen LogP contribution is -2.48. The van der Waals surface area contributed by atoms with Gasteiger partial charge in [0.25, 0.3) is 0 Å². The molecule has 0 radical (unpaired) electrons. The number of hydrogen-bond acceptors (Lipinski definition) is 3. The van der Waals surface area contributed by atoms with Gasteiger partial charge in [0.1, 0.15) is 6.04 Å². The molecule has 1 aromatic carbocycles. The van der Waals surface area contributed by atoms with Gasteiger partial charge in [-0.15, -0.1) is 0 Å². The second kappa shape index (κ2) is 6.78. The molecule has 0 saturated carbocycles. The molecule has 0 spiro atoms. The highest BCUT2D eigenvalue weighted by molar-refractivity contribution is 5.82. The molecular formula is C14H20N2O3. The van der Waals surface area contributed by atoms with Crippen LogP contribution in [-0.2, 0) is 9.59 Å². The molecule has 1 atom stereocenters. The second-order valence-electron chi connectivity index (χ2n) is 4.47. The topological polar surface area (TPSA) is 69.6 Å². The number of amides is 1. The summed E-state index contributed by atoms with van der Waals surface area (Å²) >= 11 is 0. The summed E-state index contributed by atoms with van der Waals surface area (Å²) in [5, 5.41) is 11.6. The Hall–Kier alpha value is -2.04. The number of carboxylic acids is 1. The molecule has 5 heteroatoms. The minimum absolute atomic E-state index is 0.245. The van der Waals surface area contributed by atoms with Crippen LogP contribution in [0.5, 0.6) is 0 Å². The normalized spacial score (nSPS) is 11.7. The van der Waals surface area contributed by atoms with Crippen molar-refractivity contribution < 1.29 is 14.7 Å². The summed E-state index contributed by atoms with van der Waals surface area (Å²) in [6.45, 7) is 6.18. The maximum Gasteiger partial charge on any atom is 0.328 e.